The van der Waals surface area contributed by atoms with Crippen molar-refractivity contribution < 1.29 is 13.2 Å². The molecule has 0 atom stereocenters. The van der Waals surface area contributed by atoms with Crippen LogP contribution in [-0.2, 0) is 10.0 Å². The molecule has 0 aliphatic carbocycles. The van der Waals surface area contributed by atoms with Crippen molar-refractivity contribution in [3.05, 3.63) is 66.2 Å². The zero-order valence-corrected chi connectivity index (χ0v) is 15.1. The molecule has 0 bridgehead atoms. The number of aromatic nitrogens is 2. The van der Waals surface area contributed by atoms with E-state index in [0.29, 0.717) is 17.1 Å². The molecule has 1 aromatic heterocycles. The normalized spacial score (nSPS) is 11.0. The molecule has 0 saturated carbocycles. The van der Waals surface area contributed by atoms with Crippen molar-refractivity contribution in [1.29, 1.82) is 0 Å². The highest BCUT2D eigenvalue weighted by atomic mass is 32.2. The van der Waals surface area contributed by atoms with Gasteiger partial charge in [0, 0.05) is 5.69 Å². The van der Waals surface area contributed by atoms with Crippen LogP contribution >= 0.6 is 0 Å². The smallest absolute Gasteiger partial charge is 0.263 e. The van der Waals surface area contributed by atoms with E-state index >= 15 is 0 Å². The summed E-state index contributed by atoms with van der Waals surface area (Å²) in [5.41, 5.74) is 1.44. The summed E-state index contributed by atoms with van der Waals surface area (Å²) in [5.74, 6) is 1.25. The molecule has 134 valence electrons. The second kappa shape index (κ2) is 7.40. The molecular formula is C18H18N4O3S. The Morgan fingerprint density at radius 1 is 0.923 bits per heavy atom. The zero-order chi connectivity index (χ0) is 18.6. The zero-order valence-electron chi connectivity index (χ0n) is 14.3. The number of benzene rings is 2. The molecule has 3 rings (SSSR count). The average Bonchev–Trinajstić information content (AvgIpc) is 2.63. The molecule has 0 spiro atoms. The third-order valence-electron chi connectivity index (χ3n) is 3.62. The third kappa shape index (κ3) is 4.09. The number of ether oxygens (including phenoxy) is 1. The van der Waals surface area contributed by atoms with Crippen LogP contribution in [0, 0.1) is 6.92 Å². The van der Waals surface area contributed by atoms with Crippen molar-refractivity contribution in [2.75, 3.05) is 17.1 Å². The van der Waals surface area contributed by atoms with E-state index in [1.54, 1.807) is 31.2 Å². The van der Waals surface area contributed by atoms with E-state index in [0.717, 1.165) is 5.69 Å². The largest absolute Gasteiger partial charge is 0.497 e. The van der Waals surface area contributed by atoms with E-state index in [-0.39, 0.29) is 10.7 Å². The molecule has 0 fully saturated rings. The minimum Gasteiger partial charge on any atom is -0.497 e. The van der Waals surface area contributed by atoms with Crippen LogP contribution in [-0.4, -0.2) is 25.7 Å². The van der Waals surface area contributed by atoms with Gasteiger partial charge in [-0.15, -0.1) is 10.2 Å². The number of nitrogens with zero attached hydrogens (tertiary/aromatic N) is 2. The molecule has 0 aliphatic heterocycles. The Labute approximate surface area is 152 Å². The summed E-state index contributed by atoms with van der Waals surface area (Å²) in [7, 11) is -2.24. The van der Waals surface area contributed by atoms with Gasteiger partial charge >= 0.3 is 0 Å². The van der Waals surface area contributed by atoms with Gasteiger partial charge in [0.25, 0.3) is 10.0 Å². The van der Waals surface area contributed by atoms with Gasteiger partial charge in [-0.25, -0.2) is 8.42 Å². The first-order chi connectivity index (χ1) is 12.5. The maximum absolute atomic E-state index is 12.6. The third-order valence-corrected chi connectivity index (χ3v) is 5.14. The molecule has 8 heteroatoms. The minimum atomic E-state index is -3.77. The summed E-state index contributed by atoms with van der Waals surface area (Å²) < 4.78 is 32.7. The standard InChI is InChI=1S/C18H18N4O3S/c1-13-12-15(25-2)8-9-16(13)26(23,24)22-18-11-10-17(20-21-18)19-14-6-4-3-5-7-14/h3-12H,1-2H3,(H,19,20)(H,21,22). The fourth-order valence-electron chi connectivity index (χ4n) is 2.37. The topological polar surface area (TPSA) is 93.2 Å². The fraction of sp³-hybridized carbons (Fsp3) is 0.111. The number of nitrogens with one attached hydrogen (secondary N) is 2. The molecule has 2 N–H and O–H groups in total. The number of rotatable bonds is 6. The fourth-order valence-corrected chi connectivity index (χ4v) is 3.59. The summed E-state index contributed by atoms with van der Waals surface area (Å²) in [6.07, 6.45) is 0. The molecule has 0 radical (unpaired) electrons. The second-order valence-electron chi connectivity index (χ2n) is 5.53. The first-order valence-electron chi connectivity index (χ1n) is 7.81. The van der Waals surface area contributed by atoms with Gasteiger partial charge in [-0.05, 0) is 55.0 Å². The summed E-state index contributed by atoms with van der Waals surface area (Å²) in [6, 6.07) is 17.5. The Morgan fingerprint density at radius 3 is 2.23 bits per heavy atom. The summed E-state index contributed by atoms with van der Waals surface area (Å²) in [4.78, 5) is 0.159. The molecule has 3 aromatic rings. The molecule has 1 heterocycles. The molecule has 7 nitrogen and oxygen atoms in total. The van der Waals surface area contributed by atoms with Crippen LogP contribution in [0.15, 0.2) is 65.6 Å². The highest BCUT2D eigenvalue weighted by Gasteiger charge is 2.18. The first-order valence-corrected chi connectivity index (χ1v) is 9.29. The predicted octanol–water partition coefficient (Wildman–Crippen LogP) is 3.34. The lowest BCUT2D eigenvalue weighted by molar-refractivity contribution is 0.414. The molecular weight excluding hydrogens is 352 g/mol. The van der Waals surface area contributed by atoms with E-state index in [9.17, 15) is 8.42 Å². The van der Waals surface area contributed by atoms with Crippen molar-refractivity contribution in [2.24, 2.45) is 0 Å². The van der Waals surface area contributed by atoms with Gasteiger partial charge in [0.05, 0.1) is 12.0 Å². The Balaban J connectivity index is 1.76. The van der Waals surface area contributed by atoms with Gasteiger partial charge < -0.3 is 10.1 Å². The van der Waals surface area contributed by atoms with Crippen LogP contribution in [0.1, 0.15) is 5.56 Å². The summed E-state index contributed by atoms with van der Waals surface area (Å²) >= 11 is 0. The summed E-state index contributed by atoms with van der Waals surface area (Å²) in [5, 5.41) is 11.0. The number of hydrogen-bond acceptors (Lipinski definition) is 6. The lowest BCUT2D eigenvalue weighted by Gasteiger charge is -2.11. The highest BCUT2D eigenvalue weighted by Crippen LogP contribution is 2.23. The number of aryl methyl sites for hydroxylation is 1. The monoisotopic (exact) mass is 370 g/mol. The quantitative estimate of drug-likeness (QED) is 0.691. The number of methoxy groups -OCH3 is 1. The van der Waals surface area contributed by atoms with Crippen LogP contribution in [0.4, 0.5) is 17.3 Å². The highest BCUT2D eigenvalue weighted by molar-refractivity contribution is 7.92. The van der Waals surface area contributed by atoms with E-state index in [1.165, 1.54) is 13.2 Å². The van der Waals surface area contributed by atoms with E-state index in [1.807, 2.05) is 30.3 Å². The van der Waals surface area contributed by atoms with Gasteiger partial charge in [-0.2, -0.15) is 0 Å². The number of anilines is 3. The van der Waals surface area contributed by atoms with Crippen LogP contribution in [0.2, 0.25) is 0 Å². The van der Waals surface area contributed by atoms with Gasteiger partial charge in [0.15, 0.2) is 11.6 Å². The van der Waals surface area contributed by atoms with Crippen LogP contribution < -0.4 is 14.8 Å². The molecule has 26 heavy (non-hydrogen) atoms. The van der Waals surface area contributed by atoms with Crippen LogP contribution in [0.3, 0.4) is 0 Å². The second-order valence-corrected chi connectivity index (χ2v) is 7.18. The number of hydrogen-bond donors (Lipinski definition) is 2. The lowest BCUT2D eigenvalue weighted by atomic mass is 10.2. The molecule has 2 aromatic carbocycles. The predicted molar refractivity (Wildman–Crippen MR) is 100 cm³/mol. The molecule has 0 unspecified atom stereocenters. The van der Waals surface area contributed by atoms with E-state index in [4.69, 9.17) is 4.74 Å². The van der Waals surface area contributed by atoms with Gasteiger partial charge in [0.2, 0.25) is 0 Å². The van der Waals surface area contributed by atoms with Gasteiger partial charge in [-0.1, -0.05) is 18.2 Å². The van der Waals surface area contributed by atoms with Crippen molar-refractivity contribution >= 4 is 27.3 Å². The van der Waals surface area contributed by atoms with E-state index < -0.39 is 10.0 Å². The number of para-hydroxylation sites is 1. The van der Waals surface area contributed by atoms with Crippen molar-refractivity contribution in [3.8, 4) is 5.75 Å². The molecule has 0 amide bonds. The molecule has 0 aliphatic rings. The van der Waals surface area contributed by atoms with Gasteiger partial charge in [0.1, 0.15) is 5.75 Å². The van der Waals surface area contributed by atoms with E-state index in [2.05, 4.69) is 20.2 Å². The maximum Gasteiger partial charge on any atom is 0.263 e. The summed E-state index contributed by atoms with van der Waals surface area (Å²) in [6.45, 7) is 1.70. The Bertz CT molecular complexity index is 991. The molecule has 0 saturated heterocycles. The average molecular weight is 370 g/mol. The Morgan fingerprint density at radius 2 is 1.62 bits per heavy atom. The Kier molecular flexibility index (Phi) is 5.04. The Hall–Kier alpha value is -3.13. The van der Waals surface area contributed by atoms with Crippen LogP contribution in [0.5, 0.6) is 5.75 Å². The lowest BCUT2D eigenvalue weighted by Crippen LogP contribution is -2.15. The van der Waals surface area contributed by atoms with Crippen molar-refractivity contribution in [1.82, 2.24) is 10.2 Å². The van der Waals surface area contributed by atoms with Crippen molar-refractivity contribution in [3.63, 3.8) is 0 Å². The maximum atomic E-state index is 12.6. The van der Waals surface area contributed by atoms with Crippen LogP contribution in [0.25, 0.3) is 0 Å². The first kappa shape index (κ1) is 17.7. The van der Waals surface area contributed by atoms with Gasteiger partial charge in [-0.3, -0.25) is 4.72 Å². The minimum absolute atomic E-state index is 0.138. The van der Waals surface area contributed by atoms with Crippen molar-refractivity contribution in [2.45, 2.75) is 11.8 Å². The number of sulfonamides is 1. The SMILES string of the molecule is COc1ccc(S(=O)(=O)Nc2ccc(Nc3ccccc3)nn2)c(C)c1.